The molecule has 0 fully saturated rings. The molecule has 5 nitrogen and oxygen atoms in total. The number of hydrogen-bond acceptors (Lipinski definition) is 3. The summed E-state index contributed by atoms with van der Waals surface area (Å²) >= 11 is 11.9. The third-order valence-corrected chi connectivity index (χ3v) is 4.04. The van der Waals surface area contributed by atoms with Gasteiger partial charge in [-0.3, -0.25) is 9.52 Å². The average Bonchev–Trinajstić information content (AvgIpc) is 2.42. The van der Waals surface area contributed by atoms with Crippen molar-refractivity contribution in [1.29, 1.82) is 0 Å². The molecular formula is C15H14Cl2N2O3S. The topological polar surface area (TPSA) is 75.3 Å². The normalized spacial score (nSPS) is 11.1. The number of carbonyl (C=O) groups excluding carboxylic acids is 1. The highest BCUT2D eigenvalue weighted by Crippen LogP contribution is 2.24. The molecule has 2 N–H and O–H groups in total. The first kappa shape index (κ1) is 17.6. The highest BCUT2D eigenvalue weighted by Gasteiger charge is 2.12. The summed E-state index contributed by atoms with van der Waals surface area (Å²) in [4.78, 5) is 12.2. The fourth-order valence-electron chi connectivity index (χ4n) is 1.91. The summed E-state index contributed by atoms with van der Waals surface area (Å²) in [7, 11) is -3.44. The molecule has 23 heavy (non-hydrogen) atoms. The molecule has 0 spiro atoms. The molecule has 1 amide bonds. The molecular weight excluding hydrogens is 359 g/mol. The van der Waals surface area contributed by atoms with Crippen LogP contribution in [0.4, 0.5) is 11.4 Å². The Morgan fingerprint density at radius 2 is 1.74 bits per heavy atom. The van der Waals surface area contributed by atoms with Gasteiger partial charge in [0.1, 0.15) is 0 Å². The standard InChI is InChI=1S/C15H14Cl2N2O3S/c1-23(21,22)19-14-5-3-2-4-13(14)18-15(20)8-10-6-7-11(16)9-12(10)17/h2-7,9,19H,8H2,1H3,(H,18,20). The zero-order valence-electron chi connectivity index (χ0n) is 12.1. The first-order valence-corrected chi connectivity index (χ1v) is 9.20. The van der Waals surface area contributed by atoms with Gasteiger partial charge in [0.25, 0.3) is 0 Å². The van der Waals surface area contributed by atoms with Gasteiger partial charge in [-0.15, -0.1) is 0 Å². The molecule has 0 heterocycles. The molecule has 0 saturated carbocycles. The second-order valence-corrected chi connectivity index (χ2v) is 7.47. The van der Waals surface area contributed by atoms with E-state index < -0.39 is 10.0 Å². The third kappa shape index (κ3) is 5.42. The third-order valence-electron chi connectivity index (χ3n) is 2.86. The van der Waals surface area contributed by atoms with Crippen molar-refractivity contribution in [3.8, 4) is 0 Å². The Balaban J connectivity index is 2.14. The van der Waals surface area contributed by atoms with E-state index in [2.05, 4.69) is 10.0 Å². The lowest BCUT2D eigenvalue weighted by Gasteiger charge is -2.12. The van der Waals surface area contributed by atoms with Gasteiger partial charge in [-0.25, -0.2) is 8.42 Å². The smallest absolute Gasteiger partial charge is 0.229 e. The monoisotopic (exact) mass is 372 g/mol. The van der Waals surface area contributed by atoms with Crippen molar-refractivity contribution >= 4 is 50.5 Å². The van der Waals surface area contributed by atoms with Gasteiger partial charge in [-0.05, 0) is 29.8 Å². The largest absolute Gasteiger partial charge is 0.324 e. The molecule has 0 bridgehead atoms. The lowest BCUT2D eigenvalue weighted by atomic mass is 10.1. The molecule has 0 unspecified atom stereocenters. The number of anilines is 2. The van der Waals surface area contributed by atoms with Crippen LogP contribution >= 0.6 is 23.2 Å². The van der Waals surface area contributed by atoms with E-state index in [0.717, 1.165) is 6.26 Å². The van der Waals surface area contributed by atoms with Crippen LogP contribution in [0.2, 0.25) is 10.0 Å². The van der Waals surface area contributed by atoms with E-state index in [0.29, 0.717) is 27.0 Å². The minimum atomic E-state index is -3.44. The summed E-state index contributed by atoms with van der Waals surface area (Å²) in [6, 6.07) is 11.4. The Morgan fingerprint density at radius 1 is 1.09 bits per heavy atom. The predicted molar refractivity (Wildman–Crippen MR) is 93.7 cm³/mol. The van der Waals surface area contributed by atoms with Crippen molar-refractivity contribution in [2.45, 2.75) is 6.42 Å². The lowest BCUT2D eigenvalue weighted by molar-refractivity contribution is -0.115. The van der Waals surface area contributed by atoms with Crippen LogP contribution in [0.3, 0.4) is 0 Å². The van der Waals surface area contributed by atoms with Crippen LogP contribution in [-0.2, 0) is 21.2 Å². The summed E-state index contributed by atoms with van der Waals surface area (Å²) in [5, 5.41) is 3.55. The van der Waals surface area contributed by atoms with Gasteiger partial charge in [0.2, 0.25) is 15.9 Å². The van der Waals surface area contributed by atoms with Gasteiger partial charge in [0, 0.05) is 10.0 Å². The van der Waals surface area contributed by atoms with E-state index in [4.69, 9.17) is 23.2 Å². The Kier molecular flexibility index (Phi) is 5.51. The molecule has 8 heteroatoms. The number of benzene rings is 2. The molecule has 2 rings (SSSR count). The SMILES string of the molecule is CS(=O)(=O)Nc1ccccc1NC(=O)Cc1ccc(Cl)cc1Cl. The maximum Gasteiger partial charge on any atom is 0.229 e. The van der Waals surface area contributed by atoms with Gasteiger partial charge in [-0.2, -0.15) is 0 Å². The van der Waals surface area contributed by atoms with Crippen LogP contribution in [0.15, 0.2) is 42.5 Å². The second-order valence-electron chi connectivity index (χ2n) is 4.88. The molecule has 0 aliphatic heterocycles. The Bertz CT molecular complexity index is 838. The number of rotatable bonds is 5. The van der Waals surface area contributed by atoms with Gasteiger partial charge >= 0.3 is 0 Å². The maximum atomic E-state index is 12.2. The van der Waals surface area contributed by atoms with E-state index >= 15 is 0 Å². The summed E-state index contributed by atoms with van der Waals surface area (Å²) in [6.45, 7) is 0. The number of amides is 1. The molecule has 0 aliphatic rings. The minimum Gasteiger partial charge on any atom is -0.324 e. The molecule has 0 aliphatic carbocycles. The Hall–Kier alpha value is -1.76. The quantitative estimate of drug-likeness (QED) is 0.842. The average molecular weight is 373 g/mol. The highest BCUT2D eigenvalue weighted by molar-refractivity contribution is 7.92. The maximum absolute atomic E-state index is 12.2. The fourth-order valence-corrected chi connectivity index (χ4v) is 2.97. The number of carbonyl (C=O) groups is 1. The van der Waals surface area contributed by atoms with E-state index in [1.807, 2.05) is 0 Å². The molecule has 0 saturated heterocycles. The van der Waals surface area contributed by atoms with E-state index in [1.165, 1.54) is 0 Å². The van der Waals surface area contributed by atoms with Crippen molar-refractivity contribution in [3.05, 3.63) is 58.1 Å². The van der Waals surface area contributed by atoms with Gasteiger partial charge in [-0.1, -0.05) is 41.4 Å². The lowest BCUT2D eigenvalue weighted by Crippen LogP contribution is -2.17. The van der Waals surface area contributed by atoms with E-state index in [-0.39, 0.29) is 12.3 Å². The Morgan fingerprint density at radius 3 is 2.35 bits per heavy atom. The van der Waals surface area contributed by atoms with Crippen molar-refractivity contribution in [1.82, 2.24) is 0 Å². The van der Waals surface area contributed by atoms with E-state index in [9.17, 15) is 13.2 Å². The number of sulfonamides is 1. The zero-order chi connectivity index (χ0) is 17.0. The van der Waals surface area contributed by atoms with Crippen LogP contribution in [0.25, 0.3) is 0 Å². The van der Waals surface area contributed by atoms with Gasteiger partial charge < -0.3 is 5.32 Å². The minimum absolute atomic E-state index is 0.0449. The van der Waals surface area contributed by atoms with Crippen LogP contribution in [0, 0.1) is 0 Å². The van der Waals surface area contributed by atoms with Crippen LogP contribution < -0.4 is 10.0 Å². The highest BCUT2D eigenvalue weighted by atomic mass is 35.5. The van der Waals surface area contributed by atoms with Crippen molar-refractivity contribution in [2.24, 2.45) is 0 Å². The van der Waals surface area contributed by atoms with Crippen molar-refractivity contribution in [2.75, 3.05) is 16.3 Å². The van der Waals surface area contributed by atoms with Crippen molar-refractivity contribution < 1.29 is 13.2 Å². The second kappa shape index (κ2) is 7.21. The summed E-state index contributed by atoms with van der Waals surface area (Å²) in [5.74, 6) is -0.322. The Labute approximate surface area is 144 Å². The number of halogens is 2. The summed E-state index contributed by atoms with van der Waals surface area (Å²) in [6.07, 6.45) is 1.09. The number of para-hydroxylation sites is 2. The molecule has 0 radical (unpaired) electrons. The summed E-state index contributed by atoms with van der Waals surface area (Å²) in [5.41, 5.74) is 1.29. The molecule has 0 atom stereocenters. The first-order valence-electron chi connectivity index (χ1n) is 6.55. The predicted octanol–water partition coefficient (Wildman–Crippen LogP) is 3.55. The van der Waals surface area contributed by atoms with Crippen molar-refractivity contribution in [3.63, 3.8) is 0 Å². The van der Waals surface area contributed by atoms with E-state index in [1.54, 1.807) is 42.5 Å². The number of nitrogens with one attached hydrogen (secondary N) is 2. The molecule has 2 aromatic rings. The number of hydrogen-bond donors (Lipinski definition) is 2. The van der Waals surface area contributed by atoms with Crippen LogP contribution in [-0.4, -0.2) is 20.6 Å². The molecule has 2 aromatic carbocycles. The molecule has 0 aromatic heterocycles. The van der Waals surface area contributed by atoms with Crippen LogP contribution in [0.5, 0.6) is 0 Å². The summed E-state index contributed by atoms with van der Waals surface area (Å²) < 4.78 is 25.1. The van der Waals surface area contributed by atoms with Crippen LogP contribution in [0.1, 0.15) is 5.56 Å². The van der Waals surface area contributed by atoms with Gasteiger partial charge in [0.15, 0.2) is 0 Å². The first-order chi connectivity index (χ1) is 10.7. The zero-order valence-corrected chi connectivity index (χ0v) is 14.5. The fraction of sp³-hybridized carbons (Fsp3) is 0.133. The molecule has 122 valence electrons. The van der Waals surface area contributed by atoms with Gasteiger partial charge in [0.05, 0.1) is 24.1 Å².